The number of carbonyl (C=O) groups excluding carboxylic acids is 2. The molecule has 7 heteroatoms. The summed E-state index contributed by atoms with van der Waals surface area (Å²) in [6, 6.07) is 10.2. The summed E-state index contributed by atoms with van der Waals surface area (Å²) >= 11 is 0. The second-order valence-electron chi connectivity index (χ2n) is 5.84. The maximum Gasteiger partial charge on any atom is 0.328 e. The standard InChI is InChI=1S/C19H22N2O5/c1-12(11-14-7-5-4-6-8-14)26-19(24)13(2)21-18(23)16-17(22)15(25-3)9-10-20-16/h4-10,12-13,22H,11H2,1-3H3,(H,21,23)/t12-,13-/m0/s1. The Morgan fingerprint density at radius 3 is 2.54 bits per heavy atom. The van der Waals surface area contributed by atoms with Gasteiger partial charge < -0.3 is 19.9 Å². The highest BCUT2D eigenvalue weighted by atomic mass is 16.5. The van der Waals surface area contributed by atoms with Gasteiger partial charge in [-0.25, -0.2) is 9.78 Å². The third kappa shape index (κ3) is 4.95. The zero-order valence-corrected chi connectivity index (χ0v) is 14.9. The lowest BCUT2D eigenvalue weighted by atomic mass is 10.1. The molecule has 0 aliphatic heterocycles. The quantitative estimate of drug-likeness (QED) is 0.736. The summed E-state index contributed by atoms with van der Waals surface area (Å²) in [5.41, 5.74) is 0.830. The van der Waals surface area contributed by atoms with Crippen LogP contribution in [0.4, 0.5) is 0 Å². The molecule has 1 aromatic carbocycles. The molecule has 2 atom stereocenters. The number of amides is 1. The predicted octanol–water partition coefficient (Wildman–Crippen LogP) is 2.09. The molecular formula is C19H22N2O5. The number of ether oxygens (including phenoxy) is 2. The number of hydrogen-bond acceptors (Lipinski definition) is 6. The molecule has 26 heavy (non-hydrogen) atoms. The lowest BCUT2D eigenvalue weighted by Crippen LogP contribution is -2.41. The molecule has 2 aromatic rings. The van der Waals surface area contributed by atoms with E-state index in [2.05, 4.69) is 10.3 Å². The van der Waals surface area contributed by atoms with Crippen LogP contribution in [0.25, 0.3) is 0 Å². The van der Waals surface area contributed by atoms with Crippen LogP contribution in [0.2, 0.25) is 0 Å². The summed E-state index contributed by atoms with van der Waals surface area (Å²) in [5, 5.41) is 12.4. The maximum atomic E-state index is 12.2. The first kappa shape index (κ1) is 19.2. The van der Waals surface area contributed by atoms with Gasteiger partial charge in [-0.2, -0.15) is 0 Å². The smallest absolute Gasteiger partial charge is 0.328 e. The zero-order chi connectivity index (χ0) is 19.1. The van der Waals surface area contributed by atoms with Gasteiger partial charge in [0.1, 0.15) is 12.1 Å². The summed E-state index contributed by atoms with van der Waals surface area (Å²) < 4.78 is 10.3. The minimum absolute atomic E-state index is 0.122. The average molecular weight is 358 g/mol. The van der Waals surface area contributed by atoms with Gasteiger partial charge in [-0.05, 0) is 19.4 Å². The van der Waals surface area contributed by atoms with Crippen LogP contribution in [0, 0.1) is 0 Å². The molecule has 1 amide bonds. The van der Waals surface area contributed by atoms with Gasteiger partial charge in [0, 0.05) is 18.7 Å². The Balaban J connectivity index is 1.93. The van der Waals surface area contributed by atoms with Gasteiger partial charge in [-0.15, -0.1) is 0 Å². The number of nitrogens with zero attached hydrogens (tertiary/aromatic N) is 1. The fourth-order valence-corrected chi connectivity index (χ4v) is 2.38. The van der Waals surface area contributed by atoms with E-state index in [0.717, 1.165) is 5.56 Å². The first-order valence-corrected chi connectivity index (χ1v) is 8.19. The Morgan fingerprint density at radius 2 is 1.88 bits per heavy atom. The Labute approximate surface area is 152 Å². The van der Waals surface area contributed by atoms with Crippen molar-refractivity contribution >= 4 is 11.9 Å². The number of methoxy groups -OCH3 is 1. The molecule has 0 fully saturated rings. The van der Waals surface area contributed by atoms with E-state index in [9.17, 15) is 14.7 Å². The molecule has 1 aromatic heterocycles. The number of rotatable bonds is 7. The maximum absolute atomic E-state index is 12.2. The van der Waals surface area contributed by atoms with Gasteiger partial charge in [0.15, 0.2) is 17.2 Å². The topological polar surface area (TPSA) is 97.8 Å². The molecule has 0 aliphatic rings. The third-order valence-electron chi connectivity index (χ3n) is 3.71. The molecule has 2 rings (SSSR count). The number of carbonyl (C=O) groups is 2. The number of benzene rings is 1. The van der Waals surface area contributed by atoms with Gasteiger partial charge in [0.2, 0.25) is 0 Å². The number of nitrogens with one attached hydrogen (secondary N) is 1. The highest BCUT2D eigenvalue weighted by molar-refractivity contribution is 5.97. The highest BCUT2D eigenvalue weighted by Crippen LogP contribution is 2.27. The molecule has 0 bridgehead atoms. The first-order chi connectivity index (χ1) is 12.4. The van der Waals surface area contributed by atoms with Crippen molar-refractivity contribution in [1.82, 2.24) is 10.3 Å². The van der Waals surface area contributed by atoms with Crippen molar-refractivity contribution in [3.8, 4) is 11.5 Å². The van der Waals surface area contributed by atoms with Crippen molar-refractivity contribution < 1.29 is 24.2 Å². The Morgan fingerprint density at radius 1 is 1.19 bits per heavy atom. The number of aromatic hydroxyl groups is 1. The van der Waals surface area contributed by atoms with E-state index in [1.54, 1.807) is 6.92 Å². The van der Waals surface area contributed by atoms with E-state index >= 15 is 0 Å². The van der Waals surface area contributed by atoms with Crippen molar-refractivity contribution in [3.05, 3.63) is 53.9 Å². The number of aromatic nitrogens is 1. The third-order valence-corrected chi connectivity index (χ3v) is 3.71. The van der Waals surface area contributed by atoms with E-state index in [0.29, 0.717) is 6.42 Å². The summed E-state index contributed by atoms with van der Waals surface area (Å²) in [4.78, 5) is 28.2. The second-order valence-corrected chi connectivity index (χ2v) is 5.84. The molecule has 0 saturated heterocycles. The fraction of sp³-hybridized carbons (Fsp3) is 0.316. The molecule has 0 saturated carbocycles. The van der Waals surface area contributed by atoms with Crippen LogP contribution in [0.15, 0.2) is 42.6 Å². The monoisotopic (exact) mass is 358 g/mol. The molecule has 0 unspecified atom stereocenters. The lowest BCUT2D eigenvalue weighted by Gasteiger charge is -2.18. The highest BCUT2D eigenvalue weighted by Gasteiger charge is 2.23. The van der Waals surface area contributed by atoms with E-state index < -0.39 is 17.9 Å². The molecular weight excluding hydrogens is 336 g/mol. The van der Waals surface area contributed by atoms with Crippen molar-refractivity contribution in [3.63, 3.8) is 0 Å². The lowest BCUT2D eigenvalue weighted by molar-refractivity contribution is -0.150. The van der Waals surface area contributed by atoms with Crippen LogP contribution in [0.1, 0.15) is 29.9 Å². The summed E-state index contributed by atoms with van der Waals surface area (Å²) in [7, 11) is 1.37. The van der Waals surface area contributed by atoms with Crippen LogP contribution in [0.5, 0.6) is 11.5 Å². The largest absolute Gasteiger partial charge is 0.503 e. The summed E-state index contributed by atoms with van der Waals surface area (Å²) in [6.07, 6.45) is 1.57. The molecule has 1 heterocycles. The predicted molar refractivity (Wildman–Crippen MR) is 95.1 cm³/mol. The number of pyridine rings is 1. The van der Waals surface area contributed by atoms with Crippen molar-refractivity contribution in [1.29, 1.82) is 0 Å². The molecule has 2 N–H and O–H groups in total. The van der Waals surface area contributed by atoms with Crippen LogP contribution in [-0.4, -0.2) is 41.2 Å². The van der Waals surface area contributed by atoms with Crippen molar-refractivity contribution in [2.75, 3.05) is 7.11 Å². The van der Waals surface area contributed by atoms with Gasteiger partial charge in [-0.1, -0.05) is 30.3 Å². The fourth-order valence-electron chi connectivity index (χ4n) is 2.38. The number of esters is 1. The van der Waals surface area contributed by atoms with E-state index in [1.165, 1.54) is 26.3 Å². The summed E-state index contributed by atoms with van der Waals surface area (Å²) in [5.74, 6) is -1.52. The molecule has 138 valence electrons. The van der Waals surface area contributed by atoms with E-state index in [1.807, 2.05) is 30.3 Å². The van der Waals surface area contributed by atoms with Crippen LogP contribution < -0.4 is 10.1 Å². The normalized spacial score (nSPS) is 12.7. The number of hydrogen-bond donors (Lipinski definition) is 2. The summed E-state index contributed by atoms with van der Waals surface area (Å²) in [6.45, 7) is 3.29. The minimum atomic E-state index is -0.895. The van der Waals surface area contributed by atoms with Gasteiger partial charge in [-0.3, -0.25) is 4.79 Å². The minimum Gasteiger partial charge on any atom is -0.503 e. The van der Waals surface area contributed by atoms with Gasteiger partial charge in [0.25, 0.3) is 5.91 Å². The Kier molecular flexibility index (Phi) is 6.54. The second kappa shape index (κ2) is 8.84. The molecule has 0 radical (unpaired) electrons. The van der Waals surface area contributed by atoms with Crippen LogP contribution >= 0.6 is 0 Å². The molecule has 7 nitrogen and oxygen atoms in total. The first-order valence-electron chi connectivity index (χ1n) is 8.19. The van der Waals surface area contributed by atoms with Crippen molar-refractivity contribution in [2.24, 2.45) is 0 Å². The van der Waals surface area contributed by atoms with E-state index in [-0.39, 0.29) is 23.3 Å². The zero-order valence-electron chi connectivity index (χ0n) is 14.9. The Hall–Kier alpha value is -3.09. The average Bonchev–Trinajstić information content (AvgIpc) is 2.62. The van der Waals surface area contributed by atoms with Crippen LogP contribution in [0.3, 0.4) is 0 Å². The van der Waals surface area contributed by atoms with E-state index in [4.69, 9.17) is 9.47 Å². The SMILES string of the molecule is COc1ccnc(C(=O)N[C@@H](C)C(=O)O[C@@H](C)Cc2ccccc2)c1O. The van der Waals surface area contributed by atoms with Gasteiger partial charge in [0.05, 0.1) is 7.11 Å². The Bertz CT molecular complexity index is 764. The molecule has 0 aliphatic carbocycles. The molecule has 0 spiro atoms. The van der Waals surface area contributed by atoms with Gasteiger partial charge >= 0.3 is 5.97 Å². The van der Waals surface area contributed by atoms with Crippen LogP contribution in [-0.2, 0) is 16.0 Å². The van der Waals surface area contributed by atoms with Crippen molar-refractivity contribution in [2.45, 2.75) is 32.4 Å².